The number of hydrogen-bond acceptors (Lipinski definition) is 6. The summed E-state index contributed by atoms with van der Waals surface area (Å²) in [5.41, 5.74) is -1.13. The average molecular weight is 267 g/mol. The van der Waals surface area contributed by atoms with Crippen LogP contribution in [0.5, 0.6) is 0 Å². The normalized spacial score (nSPS) is 10.3. The zero-order valence-corrected chi connectivity index (χ0v) is 10.2. The summed E-state index contributed by atoms with van der Waals surface area (Å²) in [5, 5.41) is 5.41. The maximum Gasteiger partial charge on any atom is 0.369 e. The Labute approximate surface area is 105 Å². The molecule has 2 heterocycles. The number of aromatic nitrogens is 1. The fourth-order valence-corrected chi connectivity index (χ4v) is 2.03. The summed E-state index contributed by atoms with van der Waals surface area (Å²) in [6.45, 7) is 1.76. The van der Waals surface area contributed by atoms with Crippen molar-refractivity contribution in [1.82, 2.24) is 5.16 Å². The molecule has 0 atom stereocenters. The maximum atomic E-state index is 12.0. The molecule has 6 nitrogen and oxygen atoms in total. The zero-order valence-electron chi connectivity index (χ0n) is 9.39. The van der Waals surface area contributed by atoms with Crippen molar-refractivity contribution in [2.24, 2.45) is 0 Å². The van der Waals surface area contributed by atoms with Crippen LogP contribution in [0.15, 0.2) is 26.1 Å². The van der Waals surface area contributed by atoms with Crippen LogP contribution < -0.4 is 5.63 Å². The molecule has 2 aromatic heterocycles. The number of aromatic amines is 1. The molecule has 18 heavy (non-hydrogen) atoms. The molecule has 0 amide bonds. The molecule has 2 rings (SSSR count). The van der Waals surface area contributed by atoms with E-state index in [1.165, 1.54) is 11.3 Å². The second kappa shape index (κ2) is 5.01. The smallest absolute Gasteiger partial charge is 0.369 e. The summed E-state index contributed by atoms with van der Waals surface area (Å²) >= 11 is 1.32. The second-order valence-corrected chi connectivity index (χ2v) is 4.08. The van der Waals surface area contributed by atoms with Gasteiger partial charge in [-0.05, 0) is 18.4 Å². The minimum absolute atomic E-state index is 0.137. The highest BCUT2D eigenvalue weighted by molar-refractivity contribution is 7.08. The fourth-order valence-electron chi connectivity index (χ4n) is 1.39. The van der Waals surface area contributed by atoms with Gasteiger partial charge in [0.15, 0.2) is 5.69 Å². The first-order valence-corrected chi connectivity index (χ1v) is 6.05. The van der Waals surface area contributed by atoms with Crippen molar-refractivity contribution in [3.05, 3.63) is 44.1 Å². The fraction of sp³-hybridized carbons (Fsp3) is 0.182. The van der Waals surface area contributed by atoms with Crippen LogP contribution in [0.25, 0.3) is 0 Å². The Bertz CT molecular complexity index is 622. The summed E-state index contributed by atoms with van der Waals surface area (Å²) in [6.07, 6.45) is 0. The molecule has 0 saturated heterocycles. The van der Waals surface area contributed by atoms with E-state index in [4.69, 9.17) is 4.74 Å². The van der Waals surface area contributed by atoms with Crippen molar-refractivity contribution in [3.8, 4) is 0 Å². The maximum absolute atomic E-state index is 12.0. The van der Waals surface area contributed by atoms with E-state index < -0.39 is 17.4 Å². The van der Waals surface area contributed by atoms with Gasteiger partial charge in [0.25, 0.3) is 0 Å². The molecule has 0 aliphatic heterocycles. The average Bonchev–Trinajstić information content (AvgIpc) is 2.97. The number of rotatable bonds is 4. The van der Waals surface area contributed by atoms with E-state index in [2.05, 4.69) is 9.68 Å². The summed E-state index contributed by atoms with van der Waals surface area (Å²) in [5.74, 6) is -1.35. The Morgan fingerprint density at radius 1 is 1.50 bits per heavy atom. The summed E-state index contributed by atoms with van der Waals surface area (Å²) in [7, 11) is 0. The van der Waals surface area contributed by atoms with E-state index in [0.717, 1.165) is 0 Å². The SMILES string of the molecule is CCOC(=O)c1[nH]oc(=O)c1C(=O)c1ccsc1. The molecule has 0 saturated carbocycles. The van der Waals surface area contributed by atoms with Crippen LogP contribution in [0.2, 0.25) is 0 Å². The van der Waals surface area contributed by atoms with Crippen molar-refractivity contribution in [1.29, 1.82) is 0 Å². The lowest BCUT2D eigenvalue weighted by molar-refractivity contribution is 0.0512. The lowest BCUT2D eigenvalue weighted by Crippen LogP contribution is -2.17. The Hall–Kier alpha value is -2.15. The second-order valence-electron chi connectivity index (χ2n) is 3.30. The third-order valence-corrected chi connectivity index (χ3v) is 2.87. The first kappa shape index (κ1) is 12.3. The summed E-state index contributed by atoms with van der Waals surface area (Å²) < 4.78 is 9.21. The molecule has 0 bridgehead atoms. The van der Waals surface area contributed by atoms with Gasteiger partial charge in [0.2, 0.25) is 5.78 Å². The molecular weight excluding hydrogens is 258 g/mol. The minimum Gasteiger partial charge on any atom is -0.461 e. The first-order chi connectivity index (χ1) is 8.65. The molecule has 0 aromatic carbocycles. The number of H-pyrrole nitrogens is 1. The zero-order chi connectivity index (χ0) is 13.1. The van der Waals surface area contributed by atoms with Crippen LogP contribution in [-0.2, 0) is 4.74 Å². The highest BCUT2D eigenvalue weighted by Gasteiger charge is 2.26. The molecule has 0 fully saturated rings. The van der Waals surface area contributed by atoms with Crippen molar-refractivity contribution in [2.45, 2.75) is 6.92 Å². The number of thiophene rings is 1. The molecule has 1 N–H and O–H groups in total. The molecule has 94 valence electrons. The highest BCUT2D eigenvalue weighted by atomic mass is 32.1. The number of carbonyl (C=O) groups is 2. The van der Waals surface area contributed by atoms with E-state index in [1.807, 2.05) is 0 Å². The van der Waals surface area contributed by atoms with Crippen LogP contribution >= 0.6 is 11.3 Å². The number of ether oxygens (including phenoxy) is 1. The quantitative estimate of drug-likeness (QED) is 0.668. The van der Waals surface area contributed by atoms with E-state index >= 15 is 0 Å². The molecular formula is C11H9NO5S. The number of ketones is 1. The largest absolute Gasteiger partial charge is 0.461 e. The van der Waals surface area contributed by atoms with Crippen LogP contribution in [0, 0.1) is 0 Å². The molecule has 0 radical (unpaired) electrons. The molecule has 0 aliphatic rings. The molecule has 0 spiro atoms. The molecule has 2 aromatic rings. The number of esters is 1. The van der Waals surface area contributed by atoms with Gasteiger partial charge in [-0.1, -0.05) is 0 Å². The number of carbonyl (C=O) groups excluding carboxylic acids is 2. The van der Waals surface area contributed by atoms with Crippen molar-refractivity contribution < 1.29 is 18.8 Å². The van der Waals surface area contributed by atoms with Gasteiger partial charge in [-0.25, -0.2) is 14.7 Å². The first-order valence-electron chi connectivity index (χ1n) is 5.10. The van der Waals surface area contributed by atoms with E-state index in [1.54, 1.807) is 23.8 Å². The van der Waals surface area contributed by atoms with E-state index in [9.17, 15) is 14.4 Å². The summed E-state index contributed by atoms with van der Waals surface area (Å²) in [4.78, 5) is 35.1. The van der Waals surface area contributed by atoms with E-state index in [-0.39, 0.29) is 17.9 Å². The highest BCUT2D eigenvalue weighted by Crippen LogP contribution is 2.13. The van der Waals surface area contributed by atoms with Crippen LogP contribution in [0.1, 0.15) is 33.3 Å². The Balaban J connectivity index is 2.45. The van der Waals surface area contributed by atoms with Gasteiger partial charge in [-0.15, -0.1) is 0 Å². The van der Waals surface area contributed by atoms with E-state index in [0.29, 0.717) is 5.56 Å². The van der Waals surface area contributed by atoms with Gasteiger partial charge >= 0.3 is 11.6 Å². The standard InChI is InChI=1S/C11H9NO5S/c1-2-16-11(15)8-7(10(14)17-12-8)9(13)6-3-4-18-5-6/h3-5,12H,2H2,1H3. The van der Waals surface area contributed by atoms with Crippen molar-refractivity contribution in [2.75, 3.05) is 6.61 Å². The lowest BCUT2D eigenvalue weighted by atomic mass is 10.1. The number of nitrogens with one attached hydrogen (secondary N) is 1. The predicted molar refractivity (Wildman–Crippen MR) is 63.0 cm³/mol. The van der Waals surface area contributed by atoms with Gasteiger partial charge in [-0.3, -0.25) is 4.79 Å². The van der Waals surface area contributed by atoms with Gasteiger partial charge in [0, 0.05) is 10.9 Å². The topological polar surface area (TPSA) is 89.4 Å². The van der Waals surface area contributed by atoms with Gasteiger partial charge in [-0.2, -0.15) is 11.3 Å². The Morgan fingerprint density at radius 3 is 2.89 bits per heavy atom. The van der Waals surface area contributed by atoms with Gasteiger partial charge in [0.1, 0.15) is 5.56 Å². The number of hydrogen-bond donors (Lipinski definition) is 1. The summed E-state index contributed by atoms with van der Waals surface area (Å²) in [6, 6.07) is 1.56. The minimum atomic E-state index is -0.880. The third kappa shape index (κ3) is 2.12. The molecule has 7 heteroatoms. The Kier molecular flexibility index (Phi) is 3.42. The van der Waals surface area contributed by atoms with Crippen molar-refractivity contribution >= 4 is 23.1 Å². The van der Waals surface area contributed by atoms with Crippen LogP contribution in [-0.4, -0.2) is 23.5 Å². The van der Waals surface area contributed by atoms with Crippen LogP contribution in [0.4, 0.5) is 0 Å². The monoisotopic (exact) mass is 267 g/mol. The Morgan fingerprint density at radius 2 is 2.28 bits per heavy atom. The lowest BCUT2D eigenvalue weighted by Gasteiger charge is -1.99. The molecule has 0 aliphatic carbocycles. The van der Waals surface area contributed by atoms with Gasteiger partial charge < -0.3 is 9.26 Å². The third-order valence-electron chi connectivity index (χ3n) is 2.19. The van der Waals surface area contributed by atoms with Crippen molar-refractivity contribution in [3.63, 3.8) is 0 Å². The van der Waals surface area contributed by atoms with Crippen LogP contribution in [0.3, 0.4) is 0 Å². The molecule has 0 unspecified atom stereocenters. The predicted octanol–water partition coefficient (Wildman–Crippen LogP) is 1.44. The van der Waals surface area contributed by atoms with Gasteiger partial charge in [0.05, 0.1) is 6.61 Å².